The number of hydrogen-bond donors (Lipinski definition) is 1. The molecule has 0 aliphatic heterocycles. The predicted molar refractivity (Wildman–Crippen MR) is 86.2 cm³/mol. The molecule has 0 aliphatic carbocycles. The number of carbonyl (C=O) groups excluding carboxylic acids is 1. The number of carboxylic acids is 1. The molecule has 5 nitrogen and oxygen atoms in total. The van der Waals surface area contributed by atoms with Crippen molar-refractivity contribution in [3.05, 3.63) is 24.3 Å². The Labute approximate surface area is 131 Å². The average Bonchev–Trinajstić information content (AvgIpc) is 2.43. The molecule has 0 fully saturated rings. The lowest BCUT2D eigenvalue weighted by Gasteiger charge is -2.21. The molecule has 0 saturated carbocycles. The summed E-state index contributed by atoms with van der Waals surface area (Å²) >= 11 is 0. The van der Waals surface area contributed by atoms with Gasteiger partial charge in [-0.2, -0.15) is 0 Å². The van der Waals surface area contributed by atoms with Crippen molar-refractivity contribution in [3.8, 4) is 5.75 Å². The molecular formula is C17H25NO4. The van der Waals surface area contributed by atoms with Crippen molar-refractivity contribution in [1.29, 1.82) is 0 Å². The Morgan fingerprint density at radius 3 is 2.27 bits per heavy atom. The number of benzene rings is 1. The highest BCUT2D eigenvalue weighted by Gasteiger charge is 2.15. The topological polar surface area (TPSA) is 66.8 Å². The van der Waals surface area contributed by atoms with Crippen molar-refractivity contribution in [2.45, 2.75) is 33.6 Å². The Hall–Kier alpha value is -2.04. The van der Waals surface area contributed by atoms with Crippen LogP contribution in [0.5, 0.6) is 5.75 Å². The Morgan fingerprint density at radius 1 is 1.18 bits per heavy atom. The molecule has 1 unspecified atom stereocenters. The third kappa shape index (κ3) is 6.16. The van der Waals surface area contributed by atoms with Crippen molar-refractivity contribution in [3.63, 3.8) is 0 Å². The van der Waals surface area contributed by atoms with Crippen LogP contribution in [0.25, 0.3) is 0 Å². The molecule has 0 bridgehead atoms. The zero-order valence-electron chi connectivity index (χ0n) is 13.7. The maximum Gasteiger partial charge on any atom is 0.341 e. The van der Waals surface area contributed by atoms with Crippen molar-refractivity contribution in [2.75, 3.05) is 18.6 Å². The summed E-state index contributed by atoms with van der Waals surface area (Å²) in [5.74, 6) is 0.468. The van der Waals surface area contributed by atoms with Crippen molar-refractivity contribution in [2.24, 2.45) is 11.8 Å². The van der Waals surface area contributed by atoms with E-state index in [0.29, 0.717) is 24.0 Å². The van der Waals surface area contributed by atoms with E-state index < -0.39 is 5.97 Å². The summed E-state index contributed by atoms with van der Waals surface area (Å²) in [4.78, 5) is 24.3. The van der Waals surface area contributed by atoms with E-state index in [9.17, 15) is 9.59 Å². The number of carbonyl (C=O) groups is 2. The van der Waals surface area contributed by atoms with Crippen LogP contribution in [-0.2, 0) is 9.59 Å². The van der Waals surface area contributed by atoms with E-state index in [-0.39, 0.29) is 12.5 Å². The summed E-state index contributed by atoms with van der Waals surface area (Å²) in [7, 11) is 1.75. The molecule has 1 aromatic rings. The molecule has 22 heavy (non-hydrogen) atoms. The Balaban J connectivity index is 2.59. The van der Waals surface area contributed by atoms with Crippen LogP contribution in [0.15, 0.2) is 24.3 Å². The molecule has 1 N–H and O–H groups in total. The monoisotopic (exact) mass is 307 g/mol. The van der Waals surface area contributed by atoms with Gasteiger partial charge in [-0.05, 0) is 42.5 Å². The van der Waals surface area contributed by atoms with Gasteiger partial charge >= 0.3 is 5.97 Å². The third-order valence-corrected chi connectivity index (χ3v) is 3.36. The van der Waals surface area contributed by atoms with Gasteiger partial charge in [-0.15, -0.1) is 0 Å². The van der Waals surface area contributed by atoms with E-state index in [1.807, 2.05) is 0 Å². The van der Waals surface area contributed by atoms with Gasteiger partial charge in [0, 0.05) is 19.2 Å². The molecular weight excluding hydrogens is 282 g/mol. The normalized spacial score (nSPS) is 12.0. The van der Waals surface area contributed by atoms with E-state index in [1.54, 1.807) is 36.2 Å². The molecule has 0 heterocycles. The minimum atomic E-state index is -1.02. The first-order valence-corrected chi connectivity index (χ1v) is 7.50. The quantitative estimate of drug-likeness (QED) is 0.801. The third-order valence-electron chi connectivity index (χ3n) is 3.36. The number of carboxylic acid groups (broad SMARTS) is 1. The second kappa shape index (κ2) is 8.41. The molecule has 1 amide bonds. The Morgan fingerprint density at radius 2 is 1.77 bits per heavy atom. The fraction of sp³-hybridized carbons (Fsp3) is 0.529. The molecule has 0 spiro atoms. The van der Waals surface area contributed by atoms with Crippen LogP contribution < -0.4 is 9.64 Å². The van der Waals surface area contributed by atoms with Crippen LogP contribution in [0.3, 0.4) is 0 Å². The second-order valence-electron chi connectivity index (χ2n) is 6.07. The van der Waals surface area contributed by atoms with Gasteiger partial charge in [0.1, 0.15) is 5.75 Å². The number of anilines is 1. The van der Waals surface area contributed by atoms with Crippen LogP contribution in [-0.4, -0.2) is 30.6 Å². The molecule has 1 aromatic carbocycles. The number of amides is 1. The highest BCUT2D eigenvalue weighted by molar-refractivity contribution is 5.92. The highest BCUT2D eigenvalue weighted by Crippen LogP contribution is 2.21. The number of hydrogen-bond acceptors (Lipinski definition) is 3. The molecule has 1 rings (SSSR count). The smallest absolute Gasteiger partial charge is 0.341 e. The molecule has 0 aliphatic rings. The lowest BCUT2D eigenvalue weighted by Crippen LogP contribution is -2.27. The molecule has 1 atom stereocenters. The summed E-state index contributed by atoms with van der Waals surface area (Å²) in [6, 6.07) is 6.84. The van der Waals surface area contributed by atoms with Crippen LogP contribution in [0.4, 0.5) is 5.69 Å². The molecule has 122 valence electrons. The fourth-order valence-corrected chi connectivity index (χ4v) is 2.38. The van der Waals surface area contributed by atoms with E-state index in [2.05, 4.69) is 20.8 Å². The van der Waals surface area contributed by atoms with Gasteiger partial charge in [0.05, 0.1) is 0 Å². The second-order valence-corrected chi connectivity index (χ2v) is 6.07. The minimum absolute atomic E-state index is 0.0763. The van der Waals surface area contributed by atoms with Gasteiger partial charge < -0.3 is 14.7 Å². The van der Waals surface area contributed by atoms with Crippen molar-refractivity contribution >= 4 is 17.6 Å². The average molecular weight is 307 g/mol. The molecule has 0 saturated heterocycles. The summed E-state index contributed by atoms with van der Waals surface area (Å²) in [5, 5.41) is 8.56. The highest BCUT2D eigenvalue weighted by atomic mass is 16.5. The van der Waals surface area contributed by atoms with Gasteiger partial charge in [-0.1, -0.05) is 20.8 Å². The zero-order valence-corrected chi connectivity index (χ0v) is 13.7. The van der Waals surface area contributed by atoms with Crippen LogP contribution in [0.1, 0.15) is 33.6 Å². The maximum atomic E-state index is 12.3. The van der Waals surface area contributed by atoms with Crippen molar-refractivity contribution in [1.82, 2.24) is 0 Å². The summed E-state index contributed by atoms with van der Waals surface area (Å²) in [6.45, 7) is 6.02. The first-order chi connectivity index (χ1) is 10.3. The van der Waals surface area contributed by atoms with E-state index in [0.717, 1.165) is 12.1 Å². The van der Waals surface area contributed by atoms with Gasteiger partial charge in [0.25, 0.3) is 0 Å². The van der Waals surface area contributed by atoms with Crippen LogP contribution in [0, 0.1) is 11.8 Å². The number of aliphatic carboxylic acids is 1. The number of ether oxygens (including phenoxy) is 1. The SMILES string of the molecule is CC(C)CC(C)CC(=O)N(C)c1ccc(OCC(=O)O)cc1. The molecule has 0 aromatic heterocycles. The minimum Gasteiger partial charge on any atom is -0.482 e. The Kier molecular flexibility index (Phi) is 6.89. The first kappa shape index (κ1) is 18.0. The zero-order chi connectivity index (χ0) is 16.7. The summed E-state index contributed by atoms with van der Waals surface area (Å²) < 4.78 is 5.07. The first-order valence-electron chi connectivity index (χ1n) is 7.50. The van der Waals surface area contributed by atoms with Gasteiger partial charge in [0.2, 0.25) is 5.91 Å². The molecule has 0 radical (unpaired) electrons. The summed E-state index contributed by atoms with van der Waals surface area (Å²) in [5.41, 5.74) is 0.768. The van der Waals surface area contributed by atoms with E-state index >= 15 is 0 Å². The van der Waals surface area contributed by atoms with Gasteiger partial charge in [-0.3, -0.25) is 4.79 Å². The van der Waals surface area contributed by atoms with Crippen molar-refractivity contribution < 1.29 is 19.4 Å². The van der Waals surface area contributed by atoms with E-state index in [4.69, 9.17) is 9.84 Å². The lowest BCUT2D eigenvalue weighted by molar-refractivity contribution is -0.139. The predicted octanol–water partition coefficient (Wildman–Crippen LogP) is 3.19. The Bertz CT molecular complexity index is 496. The van der Waals surface area contributed by atoms with Crippen LogP contribution in [0.2, 0.25) is 0 Å². The maximum absolute atomic E-state index is 12.3. The van der Waals surface area contributed by atoms with Gasteiger partial charge in [0.15, 0.2) is 6.61 Å². The van der Waals surface area contributed by atoms with Gasteiger partial charge in [-0.25, -0.2) is 4.79 Å². The lowest BCUT2D eigenvalue weighted by atomic mass is 9.95. The number of rotatable bonds is 8. The number of nitrogens with zero attached hydrogens (tertiary/aromatic N) is 1. The fourth-order valence-electron chi connectivity index (χ4n) is 2.38. The van der Waals surface area contributed by atoms with Crippen LogP contribution >= 0.6 is 0 Å². The molecule has 5 heteroatoms. The standard InChI is InChI=1S/C17H25NO4/c1-12(2)9-13(3)10-16(19)18(4)14-5-7-15(8-6-14)22-11-17(20)21/h5-8,12-13H,9-11H2,1-4H3,(H,20,21). The summed E-state index contributed by atoms with van der Waals surface area (Å²) in [6.07, 6.45) is 1.55. The van der Waals surface area contributed by atoms with E-state index in [1.165, 1.54) is 0 Å². The largest absolute Gasteiger partial charge is 0.482 e.